The van der Waals surface area contributed by atoms with Gasteiger partial charge in [0.1, 0.15) is 0 Å². The second-order valence-corrected chi connectivity index (χ2v) is 4.51. The zero-order valence-electron chi connectivity index (χ0n) is 8.59. The highest BCUT2D eigenvalue weighted by atomic mass is 16.5. The lowest BCUT2D eigenvalue weighted by atomic mass is 9.81. The predicted octanol–water partition coefficient (Wildman–Crippen LogP) is 1.80. The van der Waals surface area contributed by atoms with Crippen molar-refractivity contribution >= 4 is 0 Å². The maximum Gasteiger partial charge on any atom is 0.0508 e. The molecule has 0 spiro atoms. The number of nitrogens with one attached hydrogen (secondary N) is 1. The van der Waals surface area contributed by atoms with Crippen LogP contribution in [-0.4, -0.2) is 26.3 Å². The average Bonchev–Trinajstić information content (AvgIpc) is 2.51. The lowest BCUT2D eigenvalue weighted by Crippen LogP contribution is -2.51. The number of hydrogen-bond acceptors (Lipinski definition) is 2. The van der Waals surface area contributed by atoms with Gasteiger partial charge in [-0.2, -0.15) is 0 Å². The molecule has 2 aliphatic rings. The van der Waals surface area contributed by atoms with Gasteiger partial charge in [-0.1, -0.05) is 25.7 Å². The van der Waals surface area contributed by atoms with E-state index in [2.05, 4.69) is 5.32 Å². The van der Waals surface area contributed by atoms with Gasteiger partial charge in [0.15, 0.2) is 0 Å². The normalized spacial score (nSPS) is 31.6. The van der Waals surface area contributed by atoms with Crippen molar-refractivity contribution < 1.29 is 4.74 Å². The molecule has 0 amide bonds. The van der Waals surface area contributed by atoms with Crippen LogP contribution in [0, 0.1) is 11.8 Å². The summed E-state index contributed by atoms with van der Waals surface area (Å²) < 4.78 is 5.33. The minimum absolute atomic E-state index is 0.767. The molecule has 2 unspecified atom stereocenters. The molecule has 76 valence electrons. The van der Waals surface area contributed by atoms with Crippen molar-refractivity contribution in [2.24, 2.45) is 11.8 Å². The number of rotatable bonds is 4. The van der Waals surface area contributed by atoms with E-state index in [4.69, 9.17) is 4.74 Å². The Morgan fingerprint density at radius 1 is 1.31 bits per heavy atom. The fraction of sp³-hybridized carbons (Fsp3) is 1.00. The minimum atomic E-state index is 0.767. The molecular formula is C11H21NO. The molecule has 0 radical (unpaired) electrons. The quantitative estimate of drug-likeness (QED) is 0.717. The lowest BCUT2D eigenvalue weighted by Gasteiger charge is -2.38. The van der Waals surface area contributed by atoms with Crippen molar-refractivity contribution in [1.29, 1.82) is 0 Å². The summed E-state index contributed by atoms with van der Waals surface area (Å²) in [5.41, 5.74) is 0. The summed E-state index contributed by atoms with van der Waals surface area (Å²) in [7, 11) is 1.83. The zero-order chi connectivity index (χ0) is 9.10. The molecule has 2 nitrogen and oxygen atoms in total. The highest BCUT2D eigenvalue weighted by molar-refractivity contribution is 4.89. The second kappa shape index (κ2) is 4.43. The topological polar surface area (TPSA) is 21.3 Å². The fourth-order valence-electron chi connectivity index (χ4n) is 2.84. The van der Waals surface area contributed by atoms with Crippen LogP contribution in [0.25, 0.3) is 0 Å². The Labute approximate surface area is 81.0 Å². The summed E-state index contributed by atoms with van der Waals surface area (Å²) in [6, 6.07) is 0.767. The summed E-state index contributed by atoms with van der Waals surface area (Å²) >= 11 is 0. The van der Waals surface area contributed by atoms with Crippen molar-refractivity contribution in [2.45, 2.75) is 38.1 Å². The molecule has 0 aromatic rings. The van der Waals surface area contributed by atoms with Crippen molar-refractivity contribution in [3.05, 3.63) is 0 Å². The highest BCUT2D eigenvalue weighted by Crippen LogP contribution is 2.35. The molecule has 0 bridgehead atoms. The van der Waals surface area contributed by atoms with E-state index in [1.165, 1.54) is 38.6 Å². The molecule has 2 heteroatoms. The summed E-state index contributed by atoms with van der Waals surface area (Å²) in [5, 5.41) is 3.53. The predicted molar refractivity (Wildman–Crippen MR) is 53.7 cm³/mol. The SMILES string of the molecule is COCC(C1CCCC1)C1CCN1. The van der Waals surface area contributed by atoms with E-state index in [0.717, 1.165) is 24.5 Å². The summed E-state index contributed by atoms with van der Waals surface area (Å²) in [6.45, 7) is 2.18. The Bertz CT molecular complexity index is 150. The van der Waals surface area contributed by atoms with Crippen molar-refractivity contribution in [2.75, 3.05) is 20.3 Å². The Kier molecular flexibility index (Phi) is 3.23. The first kappa shape index (κ1) is 9.47. The molecule has 2 atom stereocenters. The maximum atomic E-state index is 5.33. The van der Waals surface area contributed by atoms with Crippen LogP contribution in [0.5, 0.6) is 0 Å². The Morgan fingerprint density at radius 3 is 2.46 bits per heavy atom. The lowest BCUT2D eigenvalue weighted by molar-refractivity contribution is 0.0756. The van der Waals surface area contributed by atoms with E-state index in [1.807, 2.05) is 7.11 Å². The third-order valence-electron chi connectivity index (χ3n) is 3.74. The fourth-order valence-corrected chi connectivity index (χ4v) is 2.84. The van der Waals surface area contributed by atoms with Gasteiger partial charge in [0, 0.05) is 19.1 Å². The Morgan fingerprint density at radius 2 is 2.00 bits per heavy atom. The first-order chi connectivity index (χ1) is 6.42. The smallest absolute Gasteiger partial charge is 0.0508 e. The van der Waals surface area contributed by atoms with Crippen molar-refractivity contribution in [3.8, 4) is 0 Å². The van der Waals surface area contributed by atoms with Crippen LogP contribution in [0.1, 0.15) is 32.1 Å². The van der Waals surface area contributed by atoms with Gasteiger partial charge in [0.25, 0.3) is 0 Å². The van der Waals surface area contributed by atoms with Gasteiger partial charge in [-0.15, -0.1) is 0 Å². The number of ether oxygens (including phenoxy) is 1. The summed E-state index contributed by atoms with van der Waals surface area (Å²) in [4.78, 5) is 0. The number of methoxy groups -OCH3 is 1. The molecule has 1 aliphatic carbocycles. The molecule has 2 rings (SSSR count). The first-order valence-electron chi connectivity index (χ1n) is 5.64. The molecule has 1 aliphatic heterocycles. The summed E-state index contributed by atoms with van der Waals surface area (Å²) in [6.07, 6.45) is 7.12. The monoisotopic (exact) mass is 183 g/mol. The van der Waals surface area contributed by atoms with E-state index in [0.29, 0.717) is 0 Å². The first-order valence-corrected chi connectivity index (χ1v) is 5.64. The molecule has 1 N–H and O–H groups in total. The molecule has 13 heavy (non-hydrogen) atoms. The van der Waals surface area contributed by atoms with E-state index in [-0.39, 0.29) is 0 Å². The van der Waals surface area contributed by atoms with E-state index in [9.17, 15) is 0 Å². The van der Waals surface area contributed by atoms with Gasteiger partial charge >= 0.3 is 0 Å². The van der Waals surface area contributed by atoms with Crippen molar-refractivity contribution in [1.82, 2.24) is 5.32 Å². The minimum Gasteiger partial charge on any atom is -0.384 e. The third-order valence-corrected chi connectivity index (χ3v) is 3.74. The Balaban J connectivity index is 1.86. The van der Waals surface area contributed by atoms with Crippen LogP contribution in [0.15, 0.2) is 0 Å². The molecule has 0 aromatic carbocycles. The third kappa shape index (κ3) is 2.05. The standard InChI is InChI=1S/C11H21NO/c1-13-8-10(11-6-7-12-11)9-4-2-3-5-9/h9-12H,2-8H2,1H3. The molecular weight excluding hydrogens is 162 g/mol. The van der Waals surface area contributed by atoms with Crippen LogP contribution >= 0.6 is 0 Å². The van der Waals surface area contributed by atoms with E-state index in [1.54, 1.807) is 0 Å². The van der Waals surface area contributed by atoms with Gasteiger partial charge in [-0.3, -0.25) is 0 Å². The van der Waals surface area contributed by atoms with Crippen LogP contribution in [0.2, 0.25) is 0 Å². The van der Waals surface area contributed by atoms with Gasteiger partial charge in [0.2, 0.25) is 0 Å². The van der Waals surface area contributed by atoms with Crippen LogP contribution in [0.4, 0.5) is 0 Å². The molecule has 1 saturated heterocycles. The second-order valence-electron chi connectivity index (χ2n) is 4.51. The molecule has 1 saturated carbocycles. The Hall–Kier alpha value is -0.0800. The van der Waals surface area contributed by atoms with Crippen LogP contribution < -0.4 is 5.32 Å². The molecule has 1 heterocycles. The zero-order valence-corrected chi connectivity index (χ0v) is 8.59. The molecule has 2 fully saturated rings. The highest BCUT2D eigenvalue weighted by Gasteiger charge is 2.34. The largest absolute Gasteiger partial charge is 0.384 e. The summed E-state index contributed by atoms with van der Waals surface area (Å²) in [5.74, 6) is 1.74. The van der Waals surface area contributed by atoms with Gasteiger partial charge < -0.3 is 10.1 Å². The van der Waals surface area contributed by atoms with Crippen LogP contribution in [0.3, 0.4) is 0 Å². The van der Waals surface area contributed by atoms with E-state index >= 15 is 0 Å². The number of hydrogen-bond donors (Lipinski definition) is 1. The van der Waals surface area contributed by atoms with Gasteiger partial charge in [-0.25, -0.2) is 0 Å². The van der Waals surface area contributed by atoms with E-state index < -0.39 is 0 Å². The van der Waals surface area contributed by atoms with Crippen LogP contribution in [-0.2, 0) is 4.74 Å². The van der Waals surface area contributed by atoms with Gasteiger partial charge in [0.05, 0.1) is 6.61 Å². The van der Waals surface area contributed by atoms with Gasteiger partial charge in [-0.05, 0) is 18.9 Å². The average molecular weight is 183 g/mol. The maximum absolute atomic E-state index is 5.33. The molecule has 0 aromatic heterocycles. The van der Waals surface area contributed by atoms with Crippen molar-refractivity contribution in [3.63, 3.8) is 0 Å².